The minimum absolute atomic E-state index is 0.244. The van der Waals surface area contributed by atoms with Gasteiger partial charge < -0.3 is 11.1 Å². The summed E-state index contributed by atoms with van der Waals surface area (Å²) in [5.41, 5.74) is 7.08. The molecule has 1 aromatic carbocycles. The molecular formula is C12H11ClN4OS. The molecule has 3 N–H and O–H groups in total. The maximum absolute atomic E-state index is 12.0. The topological polar surface area (TPSA) is 72.9 Å². The van der Waals surface area contributed by atoms with Crippen LogP contribution in [0.2, 0.25) is 5.02 Å². The van der Waals surface area contributed by atoms with Crippen LogP contribution in [0.1, 0.15) is 15.9 Å². The van der Waals surface area contributed by atoms with Gasteiger partial charge in [0.25, 0.3) is 5.91 Å². The van der Waals surface area contributed by atoms with Crippen molar-refractivity contribution in [2.75, 3.05) is 5.32 Å². The average molecular weight is 295 g/mol. The Hall–Kier alpha value is -1.92. The molecule has 0 saturated heterocycles. The summed E-state index contributed by atoms with van der Waals surface area (Å²) in [6, 6.07) is 4.97. The molecule has 98 valence electrons. The maximum Gasteiger partial charge on any atom is 0.258 e. The van der Waals surface area contributed by atoms with E-state index in [4.69, 9.17) is 29.6 Å². The van der Waals surface area contributed by atoms with Gasteiger partial charge in [0.15, 0.2) is 0 Å². The molecule has 0 bridgehead atoms. The number of aromatic nitrogens is 2. The van der Waals surface area contributed by atoms with Gasteiger partial charge >= 0.3 is 0 Å². The monoisotopic (exact) mass is 294 g/mol. The molecular weight excluding hydrogens is 284 g/mol. The molecule has 0 saturated carbocycles. The first-order valence-electron chi connectivity index (χ1n) is 5.36. The highest BCUT2D eigenvalue weighted by Crippen LogP contribution is 2.23. The lowest BCUT2D eigenvalue weighted by Crippen LogP contribution is -2.14. The predicted octanol–water partition coefficient (Wildman–Crippen LogP) is 1.96. The van der Waals surface area contributed by atoms with Crippen LogP contribution in [0.4, 0.5) is 5.69 Å². The number of carbonyl (C=O) groups excluding carboxylic acids is 1. The lowest BCUT2D eigenvalue weighted by atomic mass is 10.2. The van der Waals surface area contributed by atoms with E-state index in [1.54, 1.807) is 36.1 Å². The number of halogens is 1. The van der Waals surface area contributed by atoms with E-state index < -0.39 is 0 Å². The van der Waals surface area contributed by atoms with Crippen molar-refractivity contribution in [1.82, 2.24) is 9.78 Å². The van der Waals surface area contributed by atoms with E-state index in [2.05, 4.69) is 10.4 Å². The van der Waals surface area contributed by atoms with E-state index in [1.165, 1.54) is 6.20 Å². The number of benzene rings is 1. The molecule has 1 amide bonds. The standard InChI is InChI=1S/C12H11ClN4OS/c1-17-6-8(5-15-17)12(18)16-10-4-7(11(14)19)2-3-9(10)13/h2-6H,1H3,(H2,14,19)(H,16,18). The van der Waals surface area contributed by atoms with E-state index in [-0.39, 0.29) is 10.9 Å². The van der Waals surface area contributed by atoms with Crippen molar-refractivity contribution in [3.8, 4) is 0 Å². The Balaban J connectivity index is 2.25. The number of hydrogen-bond donors (Lipinski definition) is 2. The minimum Gasteiger partial charge on any atom is -0.389 e. The Morgan fingerprint density at radius 1 is 1.47 bits per heavy atom. The SMILES string of the molecule is Cn1cc(C(=O)Nc2cc(C(N)=S)ccc2Cl)cn1. The second-order valence-electron chi connectivity index (χ2n) is 3.92. The number of nitrogens with one attached hydrogen (secondary N) is 1. The highest BCUT2D eigenvalue weighted by atomic mass is 35.5. The third kappa shape index (κ3) is 3.10. The number of anilines is 1. The lowest BCUT2D eigenvalue weighted by molar-refractivity contribution is 0.102. The van der Waals surface area contributed by atoms with Crippen molar-refractivity contribution >= 4 is 40.4 Å². The first-order chi connectivity index (χ1) is 8.97. The molecule has 1 aromatic heterocycles. The van der Waals surface area contributed by atoms with E-state index in [0.717, 1.165) is 0 Å². The van der Waals surface area contributed by atoms with Crippen LogP contribution in [-0.2, 0) is 7.05 Å². The van der Waals surface area contributed by atoms with Crippen LogP contribution in [0, 0.1) is 0 Å². The summed E-state index contributed by atoms with van der Waals surface area (Å²) in [7, 11) is 1.73. The summed E-state index contributed by atoms with van der Waals surface area (Å²) in [6.07, 6.45) is 3.08. The van der Waals surface area contributed by atoms with Gasteiger partial charge in [-0.3, -0.25) is 9.48 Å². The number of nitrogens with two attached hydrogens (primary N) is 1. The summed E-state index contributed by atoms with van der Waals surface area (Å²) in [6.45, 7) is 0. The highest BCUT2D eigenvalue weighted by Gasteiger charge is 2.11. The smallest absolute Gasteiger partial charge is 0.258 e. The van der Waals surface area contributed by atoms with Crippen LogP contribution in [-0.4, -0.2) is 20.7 Å². The normalized spacial score (nSPS) is 10.2. The number of thiocarbonyl (C=S) groups is 1. The Morgan fingerprint density at radius 3 is 2.79 bits per heavy atom. The summed E-state index contributed by atoms with van der Waals surface area (Å²) in [5.74, 6) is -0.296. The number of rotatable bonds is 3. The third-order valence-electron chi connectivity index (χ3n) is 2.47. The lowest BCUT2D eigenvalue weighted by Gasteiger charge is -2.08. The van der Waals surface area contributed by atoms with Crippen molar-refractivity contribution in [3.05, 3.63) is 46.7 Å². The number of carbonyl (C=O) groups is 1. The molecule has 5 nitrogen and oxygen atoms in total. The molecule has 2 aromatic rings. The zero-order valence-corrected chi connectivity index (χ0v) is 11.6. The number of hydrogen-bond acceptors (Lipinski definition) is 3. The van der Waals surface area contributed by atoms with E-state index >= 15 is 0 Å². The molecule has 0 spiro atoms. The molecule has 0 aliphatic heterocycles. The first-order valence-corrected chi connectivity index (χ1v) is 6.15. The number of nitrogens with zero attached hydrogens (tertiary/aromatic N) is 2. The van der Waals surface area contributed by atoms with Crippen molar-refractivity contribution in [2.45, 2.75) is 0 Å². The minimum atomic E-state index is -0.296. The van der Waals surface area contributed by atoms with Crippen LogP contribution in [0.3, 0.4) is 0 Å². The average Bonchev–Trinajstić information content (AvgIpc) is 2.78. The largest absolute Gasteiger partial charge is 0.389 e. The molecule has 7 heteroatoms. The van der Waals surface area contributed by atoms with Gasteiger partial charge in [0, 0.05) is 18.8 Å². The van der Waals surface area contributed by atoms with E-state index in [9.17, 15) is 4.79 Å². The van der Waals surface area contributed by atoms with Crippen LogP contribution in [0.5, 0.6) is 0 Å². The van der Waals surface area contributed by atoms with Gasteiger partial charge in [-0.2, -0.15) is 5.10 Å². The van der Waals surface area contributed by atoms with Crippen molar-refractivity contribution in [3.63, 3.8) is 0 Å². The van der Waals surface area contributed by atoms with Gasteiger partial charge in [-0.15, -0.1) is 0 Å². The molecule has 0 aliphatic rings. The van der Waals surface area contributed by atoms with Gasteiger partial charge in [0.2, 0.25) is 0 Å². The fraction of sp³-hybridized carbons (Fsp3) is 0.0833. The molecule has 0 atom stereocenters. The van der Waals surface area contributed by atoms with Crippen LogP contribution in [0.15, 0.2) is 30.6 Å². The Morgan fingerprint density at radius 2 is 2.21 bits per heavy atom. The van der Waals surface area contributed by atoms with Crippen molar-refractivity contribution in [2.24, 2.45) is 12.8 Å². The summed E-state index contributed by atoms with van der Waals surface area (Å²) in [4.78, 5) is 12.2. The number of aryl methyl sites for hydroxylation is 1. The van der Waals surface area contributed by atoms with Crippen LogP contribution in [0.25, 0.3) is 0 Å². The molecule has 0 unspecified atom stereocenters. The zero-order chi connectivity index (χ0) is 14.0. The van der Waals surface area contributed by atoms with Crippen LogP contribution < -0.4 is 11.1 Å². The number of amides is 1. The van der Waals surface area contributed by atoms with Gasteiger partial charge in [-0.05, 0) is 12.1 Å². The highest BCUT2D eigenvalue weighted by molar-refractivity contribution is 7.80. The third-order valence-corrected chi connectivity index (χ3v) is 3.03. The first kappa shape index (κ1) is 13.5. The van der Waals surface area contributed by atoms with Gasteiger partial charge in [0.1, 0.15) is 4.99 Å². The fourth-order valence-electron chi connectivity index (χ4n) is 1.51. The zero-order valence-electron chi connectivity index (χ0n) is 10.1. The molecule has 1 heterocycles. The van der Waals surface area contributed by atoms with E-state index in [0.29, 0.717) is 21.8 Å². The Kier molecular flexibility index (Phi) is 3.82. The van der Waals surface area contributed by atoms with Gasteiger partial charge in [-0.1, -0.05) is 29.9 Å². The van der Waals surface area contributed by atoms with Gasteiger partial charge in [0.05, 0.1) is 22.5 Å². The van der Waals surface area contributed by atoms with Gasteiger partial charge in [-0.25, -0.2) is 0 Å². The summed E-state index contributed by atoms with van der Waals surface area (Å²) < 4.78 is 1.54. The van der Waals surface area contributed by atoms with Crippen molar-refractivity contribution < 1.29 is 4.79 Å². The molecule has 0 aliphatic carbocycles. The Bertz CT molecular complexity index is 653. The summed E-state index contributed by atoms with van der Waals surface area (Å²) >= 11 is 10.9. The van der Waals surface area contributed by atoms with E-state index in [1.807, 2.05) is 0 Å². The molecule has 0 radical (unpaired) electrons. The summed E-state index contributed by atoms with van der Waals surface area (Å²) in [5, 5.41) is 7.04. The van der Waals surface area contributed by atoms with Crippen LogP contribution >= 0.6 is 23.8 Å². The quantitative estimate of drug-likeness (QED) is 0.849. The maximum atomic E-state index is 12.0. The Labute approximate surface area is 120 Å². The molecule has 2 rings (SSSR count). The fourth-order valence-corrected chi connectivity index (χ4v) is 1.80. The van der Waals surface area contributed by atoms with Crippen molar-refractivity contribution in [1.29, 1.82) is 0 Å². The second-order valence-corrected chi connectivity index (χ2v) is 4.76. The predicted molar refractivity (Wildman–Crippen MR) is 78.5 cm³/mol. The molecule has 0 fully saturated rings. The molecule has 19 heavy (non-hydrogen) atoms. The second kappa shape index (κ2) is 5.38.